The molecular formula is C26H28N2O5. The van der Waals surface area contributed by atoms with Gasteiger partial charge in [-0.25, -0.2) is 0 Å². The molecule has 1 fully saturated rings. The smallest absolute Gasteiger partial charge is 0.303 e. The van der Waals surface area contributed by atoms with Crippen molar-refractivity contribution in [2.24, 2.45) is 5.92 Å². The van der Waals surface area contributed by atoms with E-state index in [1.165, 1.54) is 0 Å². The van der Waals surface area contributed by atoms with Crippen LogP contribution in [0.25, 0.3) is 22.0 Å². The molecule has 1 N–H and O–H groups in total. The van der Waals surface area contributed by atoms with E-state index in [9.17, 15) is 9.59 Å². The lowest BCUT2D eigenvalue weighted by atomic mass is 9.94. The molecule has 7 nitrogen and oxygen atoms in total. The van der Waals surface area contributed by atoms with Gasteiger partial charge in [-0.1, -0.05) is 18.2 Å². The minimum atomic E-state index is -0.824. The second-order valence-electron chi connectivity index (χ2n) is 8.39. The summed E-state index contributed by atoms with van der Waals surface area (Å²) in [6, 6.07) is 15.4. The van der Waals surface area contributed by atoms with Crippen LogP contribution >= 0.6 is 0 Å². The number of rotatable bonds is 7. The summed E-state index contributed by atoms with van der Waals surface area (Å²) in [7, 11) is 1.65. The number of ether oxygens (including phenoxy) is 2. The number of hydrogen-bond acceptors (Lipinski definition) is 5. The van der Waals surface area contributed by atoms with Crippen molar-refractivity contribution in [2.45, 2.75) is 32.3 Å². The molecule has 172 valence electrons. The number of carboxylic acid groups (broad SMARTS) is 1. The van der Waals surface area contributed by atoms with E-state index in [0.29, 0.717) is 18.8 Å². The number of aliphatic carboxylic acids is 1. The largest absolute Gasteiger partial charge is 0.496 e. The Kier molecular flexibility index (Phi) is 6.77. The number of amides is 1. The van der Waals surface area contributed by atoms with Crippen LogP contribution in [0.2, 0.25) is 0 Å². The Bertz CT molecular complexity index is 1160. The number of likely N-dealkylation sites (tertiary alicyclic amines) is 1. The lowest BCUT2D eigenvalue weighted by molar-refractivity contribution is -0.143. The van der Waals surface area contributed by atoms with Crippen LogP contribution in [-0.4, -0.2) is 53.2 Å². The van der Waals surface area contributed by atoms with Crippen LogP contribution in [0.3, 0.4) is 0 Å². The first-order valence-corrected chi connectivity index (χ1v) is 11.2. The van der Waals surface area contributed by atoms with Crippen molar-refractivity contribution in [3.8, 4) is 22.6 Å². The summed E-state index contributed by atoms with van der Waals surface area (Å²) < 4.78 is 11.5. The summed E-state index contributed by atoms with van der Waals surface area (Å²) in [5, 5.41) is 10.0. The van der Waals surface area contributed by atoms with E-state index in [4.69, 9.17) is 14.6 Å². The molecule has 1 aliphatic heterocycles. The number of carbonyl (C=O) groups excluding carboxylic acids is 1. The predicted molar refractivity (Wildman–Crippen MR) is 125 cm³/mol. The van der Waals surface area contributed by atoms with Crippen LogP contribution in [0.1, 0.15) is 26.2 Å². The molecule has 1 amide bonds. The zero-order chi connectivity index (χ0) is 23.4. The van der Waals surface area contributed by atoms with E-state index in [1.54, 1.807) is 25.1 Å². The standard InChI is InChI=1S/C26H28N2O5/c1-17(26(31)28-13-5-6-18(16-28)14-25(29)30)33-19-9-10-21-20(11-12-27-23(21)15-19)22-7-3-4-8-24(22)32-2/h3-4,7-12,15,17-18H,5-6,13-14,16H2,1-2H3,(H,29,30)/t17?,18-/m1/s1. The van der Waals surface area contributed by atoms with Crippen molar-refractivity contribution < 1.29 is 24.2 Å². The van der Waals surface area contributed by atoms with Crippen molar-refractivity contribution >= 4 is 22.8 Å². The molecule has 2 atom stereocenters. The van der Waals surface area contributed by atoms with E-state index >= 15 is 0 Å². The molecule has 0 spiro atoms. The van der Waals surface area contributed by atoms with Crippen LogP contribution in [-0.2, 0) is 9.59 Å². The molecule has 0 saturated carbocycles. The quantitative estimate of drug-likeness (QED) is 0.577. The molecule has 0 bridgehead atoms. The van der Waals surface area contributed by atoms with Gasteiger partial charge in [0, 0.05) is 42.7 Å². The van der Waals surface area contributed by atoms with Gasteiger partial charge in [-0.05, 0) is 55.5 Å². The number of para-hydroxylation sites is 1. The van der Waals surface area contributed by atoms with Gasteiger partial charge in [-0.3, -0.25) is 14.6 Å². The monoisotopic (exact) mass is 448 g/mol. The minimum Gasteiger partial charge on any atom is -0.496 e. The molecule has 0 radical (unpaired) electrons. The van der Waals surface area contributed by atoms with E-state index in [2.05, 4.69) is 4.98 Å². The SMILES string of the molecule is COc1ccccc1-c1ccnc2cc(OC(C)C(=O)N3CCC[C@H](CC(=O)O)C3)ccc12. The molecule has 1 aliphatic rings. The highest BCUT2D eigenvalue weighted by atomic mass is 16.5. The van der Waals surface area contributed by atoms with Gasteiger partial charge in [0.15, 0.2) is 6.10 Å². The fourth-order valence-corrected chi connectivity index (χ4v) is 4.49. The summed E-state index contributed by atoms with van der Waals surface area (Å²) in [5.74, 6) is 0.390. The van der Waals surface area contributed by atoms with Gasteiger partial charge in [-0.15, -0.1) is 0 Å². The Labute approximate surface area is 193 Å². The third-order valence-corrected chi connectivity index (χ3v) is 6.07. The van der Waals surface area contributed by atoms with E-state index in [-0.39, 0.29) is 18.2 Å². The molecule has 2 aromatic carbocycles. The van der Waals surface area contributed by atoms with Crippen molar-refractivity contribution in [2.75, 3.05) is 20.2 Å². The number of methoxy groups -OCH3 is 1. The number of fused-ring (bicyclic) bond motifs is 1. The van der Waals surface area contributed by atoms with Crippen LogP contribution in [0, 0.1) is 5.92 Å². The third kappa shape index (κ3) is 5.08. The Morgan fingerprint density at radius 2 is 2.00 bits per heavy atom. The number of pyridine rings is 1. The second-order valence-corrected chi connectivity index (χ2v) is 8.39. The van der Waals surface area contributed by atoms with Crippen LogP contribution in [0.4, 0.5) is 0 Å². The van der Waals surface area contributed by atoms with Crippen LogP contribution in [0.5, 0.6) is 11.5 Å². The number of benzene rings is 2. The first kappa shape index (κ1) is 22.6. The number of carbonyl (C=O) groups is 2. The fourth-order valence-electron chi connectivity index (χ4n) is 4.49. The van der Waals surface area contributed by atoms with Gasteiger partial charge in [0.05, 0.1) is 12.6 Å². The van der Waals surface area contributed by atoms with Gasteiger partial charge in [0.25, 0.3) is 5.91 Å². The zero-order valence-corrected chi connectivity index (χ0v) is 18.9. The second kappa shape index (κ2) is 9.90. The first-order valence-electron chi connectivity index (χ1n) is 11.2. The Morgan fingerprint density at radius 1 is 1.18 bits per heavy atom. The number of piperidine rings is 1. The predicted octanol–water partition coefficient (Wildman–Crippen LogP) is 4.39. The summed E-state index contributed by atoms with van der Waals surface area (Å²) in [4.78, 5) is 30.2. The van der Waals surface area contributed by atoms with Crippen molar-refractivity contribution in [3.05, 3.63) is 54.7 Å². The van der Waals surface area contributed by atoms with E-state index < -0.39 is 12.1 Å². The van der Waals surface area contributed by atoms with Gasteiger partial charge < -0.3 is 19.5 Å². The highest BCUT2D eigenvalue weighted by Crippen LogP contribution is 2.35. The van der Waals surface area contributed by atoms with Gasteiger partial charge >= 0.3 is 5.97 Å². The zero-order valence-electron chi connectivity index (χ0n) is 18.9. The summed E-state index contributed by atoms with van der Waals surface area (Å²) >= 11 is 0. The van der Waals surface area contributed by atoms with Crippen molar-refractivity contribution in [1.29, 1.82) is 0 Å². The molecule has 1 saturated heterocycles. The molecule has 2 heterocycles. The average molecular weight is 449 g/mol. The minimum absolute atomic E-state index is 0.00864. The topological polar surface area (TPSA) is 89.0 Å². The molecule has 7 heteroatoms. The Balaban J connectivity index is 1.51. The van der Waals surface area contributed by atoms with Gasteiger partial charge in [0.1, 0.15) is 11.5 Å². The molecule has 4 rings (SSSR count). The maximum atomic E-state index is 12.9. The first-order chi connectivity index (χ1) is 16.0. The van der Waals surface area contributed by atoms with E-state index in [0.717, 1.165) is 40.6 Å². The highest BCUT2D eigenvalue weighted by molar-refractivity contribution is 5.96. The summed E-state index contributed by atoms with van der Waals surface area (Å²) in [6.07, 6.45) is 2.80. The maximum absolute atomic E-state index is 12.9. The number of carboxylic acids is 1. The number of nitrogens with zero attached hydrogens (tertiary/aromatic N) is 2. The highest BCUT2D eigenvalue weighted by Gasteiger charge is 2.29. The van der Waals surface area contributed by atoms with Crippen LogP contribution < -0.4 is 9.47 Å². The number of hydrogen-bond donors (Lipinski definition) is 1. The van der Waals surface area contributed by atoms with E-state index in [1.807, 2.05) is 48.5 Å². The van der Waals surface area contributed by atoms with Crippen molar-refractivity contribution in [3.63, 3.8) is 0 Å². The normalized spacial score (nSPS) is 16.9. The molecule has 3 aromatic rings. The van der Waals surface area contributed by atoms with Crippen molar-refractivity contribution in [1.82, 2.24) is 9.88 Å². The number of aromatic nitrogens is 1. The lowest BCUT2D eigenvalue weighted by Crippen LogP contribution is -2.46. The van der Waals surface area contributed by atoms with Gasteiger partial charge in [0.2, 0.25) is 0 Å². The maximum Gasteiger partial charge on any atom is 0.303 e. The molecule has 0 aliphatic carbocycles. The Hall–Kier alpha value is -3.61. The molecule has 33 heavy (non-hydrogen) atoms. The van der Waals surface area contributed by atoms with Gasteiger partial charge in [-0.2, -0.15) is 0 Å². The average Bonchev–Trinajstić information content (AvgIpc) is 2.82. The molecule has 1 unspecified atom stereocenters. The molecular weight excluding hydrogens is 420 g/mol. The lowest BCUT2D eigenvalue weighted by Gasteiger charge is -2.33. The Morgan fingerprint density at radius 3 is 2.79 bits per heavy atom. The third-order valence-electron chi connectivity index (χ3n) is 6.07. The summed E-state index contributed by atoms with van der Waals surface area (Å²) in [5.41, 5.74) is 2.74. The summed E-state index contributed by atoms with van der Waals surface area (Å²) in [6.45, 7) is 2.82. The fraction of sp³-hybridized carbons (Fsp3) is 0.346. The molecule has 1 aromatic heterocycles. The van der Waals surface area contributed by atoms with Crippen LogP contribution in [0.15, 0.2) is 54.7 Å².